The smallest absolute Gasteiger partial charge is 0.305 e. The summed E-state index contributed by atoms with van der Waals surface area (Å²) in [7, 11) is 5.59. The van der Waals surface area contributed by atoms with E-state index in [0.29, 0.717) is 44.9 Å². The normalized spacial score (nSPS) is 17.8. The number of hydrogen-bond acceptors (Lipinski definition) is 24. The Kier molecular flexibility index (Phi) is 92.4. The minimum absolute atomic E-state index is 0. The Morgan fingerprint density at radius 3 is 1.06 bits per heavy atom. The lowest BCUT2D eigenvalue weighted by Crippen LogP contribution is -2.44. The van der Waals surface area contributed by atoms with Crippen molar-refractivity contribution in [2.24, 2.45) is 0 Å². The second kappa shape index (κ2) is 67.3. The summed E-state index contributed by atoms with van der Waals surface area (Å²) in [6.45, 7) is 19.2. The number of ketones is 1. The highest BCUT2D eigenvalue weighted by molar-refractivity contribution is 5.77. The van der Waals surface area contributed by atoms with Gasteiger partial charge >= 0.3 is 11.9 Å². The van der Waals surface area contributed by atoms with E-state index >= 15 is 0 Å². The molecule has 0 saturated carbocycles. The monoisotopic (exact) mass is 1260 g/mol. The van der Waals surface area contributed by atoms with E-state index in [2.05, 4.69) is 5.32 Å². The van der Waals surface area contributed by atoms with E-state index in [0.717, 1.165) is 0 Å². The van der Waals surface area contributed by atoms with E-state index in [9.17, 15) is 49.8 Å². The maximum absolute atomic E-state index is 11.7. The molecule has 1 fully saturated rings. The fourth-order valence-corrected chi connectivity index (χ4v) is 6.24. The molecule has 0 aromatic rings. The summed E-state index contributed by atoms with van der Waals surface area (Å²) >= 11 is 0. The van der Waals surface area contributed by atoms with E-state index < -0.39 is 71.7 Å². The van der Waals surface area contributed by atoms with Crippen LogP contribution in [0.3, 0.4) is 0 Å². The van der Waals surface area contributed by atoms with Gasteiger partial charge in [-0.2, -0.15) is 0 Å². The lowest BCUT2D eigenvalue weighted by atomic mass is 10.0. The molecule has 25 nitrogen and oxygen atoms in total. The number of ether oxygens (including phenoxy) is 10. The van der Waals surface area contributed by atoms with Gasteiger partial charge in [-0.05, 0) is 40.5 Å². The van der Waals surface area contributed by atoms with Crippen LogP contribution in [0.4, 0.5) is 0 Å². The number of nitrogens with one attached hydrogen (secondary N) is 1. The van der Waals surface area contributed by atoms with E-state index in [-0.39, 0.29) is 169 Å². The van der Waals surface area contributed by atoms with Crippen LogP contribution in [-0.4, -0.2) is 235 Å². The fourth-order valence-electron chi connectivity index (χ4n) is 6.24. The van der Waals surface area contributed by atoms with Gasteiger partial charge in [-0.3, -0.25) is 14.4 Å². The van der Waals surface area contributed by atoms with Gasteiger partial charge in [-0.1, -0.05) is 122 Å². The standard InChI is InChI=1S/C17H33NO7.C14H26O7.C8H16O5.C8H18O5.2C2H6.9CH4/c1-6-17(12-20,23-5)25-13(10-19)11-24-15(22)9-7-8-14(21)18-16(2,3)4;1-4-14(10-16,19-3)21-12(8-15)9-20-13(18)7-5-6-11(2)17;1-3-8(12-2)7(11)6(10)5(4-9)13-8;1-3-8(6-11,12-2)13-7(4-9)5-10;2*1-2;;;;;;;;;/h13,19-20H,6-12H2,1-5H3,(H,18,21);12,15-16H,4-10H2,1-3H3;5-7,9-11H,3-4H2,1-2H3;7,9-11H,3-6H2,1-2H3;2*1-2H3;9*1H4/t13?,17-;12?,14-;5-,6+,7+,8-;8-;;;;;;;;;;;/m1111.........../s1. The van der Waals surface area contributed by atoms with Crippen molar-refractivity contribution in [2.45, 2.75) is 279 Å². The van der Waals surface area contributed by atoms with Crippen molar-refractivity contribution in [1.29, 1.82) is 0 Å². The van der Waals surface area contributed by atoms with Crippen LogP contribution in [0, 0.1) is 0 Å². The number of esters is 2. The Morgan fingerprint density at radius 2 is 0.847 bits per heavy atom. The molecule has 0 aliphatic carbocycles. The zero-order valence-electron chi connectivity index (χ0n) is 48.8. The number of rotatable bonds is 34. The molecule has 85 heavy (non-hydrogen) atoms. The van der Waals surface area contributed by atoms with Gasteiger partial charge in [0.25, 0.3) is 0 Å². The van der Waals surface area contributed by atoms with Crippen molar-refractivity contribution < 1.29 is 118 Å². The lowest BCUT2D eigenvalue weighted by Gasteiger charge is -2.32. The summed E-state index contributed by atoms with van der Waals surface area (Å²) in [4.78, 5) is 45.6. The molecule has 9 atom stereocenters. The maximum atomic E-state index is 11.7. The summed E-state index contributed by atoms with van der Waals surface area (Å²) in [6.07, 6.45) is -2.06. The first-order chi connectivity index (χ1) is 35.8. The Hall–Kier alpha value is -2.64. The van der Waals surface area contributed by atoms with Crippen LogP contribution in [0.2, 0.25) is 0 Å². The lowest BCUT2D eigenvalue weighted by molar-refractivity contribution is -0.274. The molecule has 1 aliphatic rings. The maximum Gasteiger partial charge on any atom is 0.305 e. The zero-order valence-corrected chi connectivity index (χ0v) is 48.8. The molecule has 1 aliphatic heterocycles. The van der Waals surface area contributed by atoms with Crippen LogP contribution < -0.4 is 5.32 Å². The molecule has 1 saturated heterocycles. The van der Waals surface area contributed by atoms with Gasteiger partial charge < -0.3 is 109 Å². The predicted octanol–water partition coefficient (Wildman–Crippen LogP) is 6.88. The molecule has 2 unspecified atom stereocenters. The third-order valence-corrected chi connectivity index (χ3v) is 11.0. The number of Topliss-reactive ketones (excluding diaryl/α,β-unsaturated/α-hetero) is 1. The first-order valence-corrected chi connectivity index (χ1v) is 26.1. The molecule has 11 N–H and O–H groups in total. The fraction of sp³-hybridized carbons (Fsp3) is 0.933. The van der Waals surface area contributed by atoms with Gasteiger partial charge in [-0.25, -0.2) is 0 Å². The highest BCUT2D eigenvalue weighted by Crippen LogP contribution is 2.34. The molecule has 0 aromatic heterocycles. The third kappa shape index (κ3) is 49.9. The van der Waals surface area contributed by atoms with Crippen LogP contribution in [0.1, 0.15) is 214 Å². The number of carbonyl (C=O) groups excluding carboxylic acids is 4. The van der Waals surface area contributed by atoms with Crippen molar-refractivity contribution in [3.05, 3.63) is 0 Å². The Balaban J connectivity index is -0.0000000641. The highest BCUT2D eigenvalue weighted by Gasteiger charge is 2.53. The van der Waals surface area contributed by atoms with Crippen molar-refractivity contribution in [3.63, 3.8) is 0 Å². The molecule has 0 spiro atoms. The summed E-state index contributed by atoms with van der Waals surface area (Å²) in [6, 6.07) is 0. The number of hydrogen-bond donors (Lipinski definition) is 11. The SMILES string of the molecule is C.C.C.C.C.C.C.C.C.CC.CC.CC[C@@](CO)(OC)OC(CO)CO.CC[C@@](CO)(OC)OC(CO)COC(=O)CCCC(=O)NC(C)(C)C.CC[C@@](CO)(OC)OC(CO)COC(=O)CCCC(C)=O.CC[C@@]1(OC)O[C@H](CO)[C@H](O)[C@@H]1O. The number of aliphatic hydroxyl groups is 10. The average molecular weight is 1260 g/mol. The number of carbonyl (C=O) groups is 4. The molecule has 0 aromatic carbocycles. The quantitative estimate of drug-likeness (QED) is 0.0231. The Morgan fingerprint density at radius 1 is 0.529 bits per heavy atom. The van der Waals surface area contributed by atoms with Crippen molar-refractivity contribution in [3.8, 4) is 0 Å². The van der Waals surface area contributed by atoms with E-state index in [1.807, 2.05) is 48.5 Å². The molecule has 0 radical (unpaired) electrons. The average Bonchev–Trinajstić information content (AvgIpc) is 3.68. The van der Waals surface area contributed by atoms with E-state index in [4.69, 9.17) is 67.8 Å². The Labute approximate surface area is 519 Å². The number of aliphatic hydroxyl groups excluding tert-OH is 10. The van der Waals surface area contributed by atoms with Crippen LogP contribution in [0.15, 0.2) is 0 Å². The predicted molar refractivity (Wildman–Crippen MR) is 340 cm³/mol. The second-order valence-corrected chi connectivity index (χ2v) is 17.5. The summed E-state index contributed by atoms with van der Waals surface area (Å²) < 4.78 is 51.7. The summed E-state index contributed by atoms with van der Waals surface area (Å²) in [5.74, 6) is -5.76. The molecular formula is C60H141NO24. The molecule has 1 amide bonds. The molecule has 1 rings (SSSR count). The van der Waals surface area contributed by atoms with Gasteiger partial charge in [0, 0.05) is 85.3 Å². The number of amides is 1. The largest absolute Gasteiger partial charge is 0.463 e. The van der Waals surface area contributed by atoms with Crippen molar-refractivity contribution in [2.75, 3.05) is 94.5 Å². The van der Waals surface area contributed by atoms with Crippen molar-refractivity contribution >= 4 is 23.6 Å². The first-order valence-electron chi connectivity index (χ1n) is 26.1. The van der Waals surface area contributed by atoms with E-state index in [1.54, 1.807) is 27.7 Å². The third-order valence-electron chi connectivity index (χ3n) is 11.0. The van der Waals surface area contributed by atoms with Gasteiger partial charge in [0.2, 0.25) is 5.91 Å². The minimum Gasteiger partial charge on any atom is -0.463 e. The van der Waals surface area contributed by atoms with Gasteiger partial charge in [-0.15, -0.1) is 0 Å². The van der Waals surface area contributed by atoms with Crippen LogP contribution in [0.25, 0.3) is 0 Å². The molecule has 0 bridgehead atoms. The van der Waals surface area contributed by atoms with Crippen molar-refractivity contribution in [1.82, 2.24) is 5.32 Å². The zero-order chi connectivity index (χ0) is 60.2. The van der Waals surface area contributed by atoms with Gasteiger partial charge in [0.1, 0.15) is 55.6 Å². The molecule has 25 heteroatoms. The molecule has 530 valence electrons. The van der Waals surface area contributed by atoms with E-state index in [1.165, 1.54) is 35.4 Å². The minimum atomic E-state index is -1.23. The summed E-state index contributed by atoms with van der Waals surface area (Å²) in [5, 5.41) is 94.4. The first kappa shape index (κ1) is 117. The molecular weight excluding hydrogens is 1120 g/mol. The second-order valence-electron chi connectivity index (χ2n) is 17.5. The highest BCUT2D eigenvalue weighted by atomic mass is 16.7. The Bertz CT molecular complexity index is 1380. The molecule has 1 heterocycles. The van der Waals surface area contributed by atoms with Crippen LogP contribution >= 0.6 is 0 Å². The van der Waals surface area contributed by atoms with Gasteiger partial charge in [0.05, 0.1) is 52.9 Å². The van der Waals surface area contributed by atoms with Crippen LogP contribution in [-0.2, 0) is 66.5 Å². The van der Waals surface area contributed by atoms with Crippen LogP contribution in [0.5, 0.6) is 0 Å². The van der Waals surface area contributed by atoms with Gasteiger partial charge in [0.15, 0.2) is 23.1 Å². The topological polar surface area (TPSA) is 375 Å². The number of methoxy groups -OCH3 is 4. The summed E-state index contributed by atoms with van der Waals surface area (Å²) in [5.41, 5.74) is -0.302.